The Morgan fingerprint density at radius 1 is 1.26 bits per heavy atom. The molecule has 1 unspecified atom stereocenters. The van der Waals surface area contributed by atoms with E-state index >= 15 is 0 Å². The van der Waals surface area contributed by atoms with E-state index in [-0.39, 0.29) is 23.5 Å². The molecule has 2 N–H and O–H groups in total. The third-order valence-electron chi connectivity index (χ3n) is 2.87. The number of carbonyl (C=O) groups is 1. The molecule has 23 heavy (non-hydrogen) atoms. The summed E-state index contributed by atoms with van der Waals surface area (Å²) in [4.78, 5) is 11.8. The van der Waals surface area contributed by atoms with Crippen molar-refractivity contribution in [2.75, 3.05) is 26.9 Å². The molecule has 0 aliphatic rings. The van der Waals surface area contributed by atoms with Crippen LogP contribution in [0.1, 0.15) is 20.3 Å². The van der Waals surface area contributed by atoms with Crippen LogP contribution in [0.25, 0.3) is 0 Å². The zero-order valence-electron chi connectivity index (χ0n) is 13.7. The highest BCUT2D eigenvalue weighted by Gasteiger charge is 2.13. The first-order valence-corrected chi connectivity index (χ1v) is 8.88. The molecule has 0 bridgehead atoms. The van der Waals surface area contributed by atoms with Crippen LogP contribution >= 0.6 is 0 Å². The van der Waals surface area contributed by atoms with E-state index in [2.05, 4.69) is 10.0 Å². The zero-order chi connectivity index (χ0) is 17.3. The number of hydrogen-bond donors (Lipinski definition) is 2. The Kier molecular flexibility index (Phi) is 8.01. The number of benzene rings is 1. The predicted octanol–water partition coefficient (Wildman–Crippen LogP) is 0.905. The summed E-state index contributed by atoms with van der Waals surface area (Å²) in [6.45, 7) is 4.38. The molecular formula is C15H24N2O5S. The maximum atomic E-state index is 11.9. The lowest BCUT2D eigenvalue weighted by molar-refractivity contribution is -0.124. The van der Waals surface area contributed by atoms with Crippen molar-refractivity contribution in [3.05, 3.63) is 24.3 Å². The number of hydrogen-bond acceptors (Lipinski definition) is 5. The largest absolute Gasteiger partial charge is 0.484 e. The maximum Gasteiger partial charge on any atom is 0.258 e. The van der Waals surface area contributed by atoms with E-state index in [0.717, 1.165) is 6.42 Å². The van der Waals surface area contributed by atoms with Crippen molar-refractivity contribution in [3.63, 3.8) is 0 Å². The monoisotopic (exact) mass is 344 g/mol. The SMILES string of the molecule is CCCNS(=O)(=O)c1ccc(OCC(=O)NC(C)COC)cc1. The van der Waals surface area contributed by atoms with Crippen LogP contribution < -0.4 is 14.8 Å². The molecule has 0 aliphatic carbocycles. The van der Waals surface area contributed by atoms with Gasteiger partial charge in [0.15, 0.2) is 6.61 Å². The number of sulfonamides is 1. The Hall–Kier alpha value is -1.64. The van der Waals surface area contributed by atoms with Gasteiger partial charge in [-0.25, -0.2) is 13.1 Å². The average Bonchev–Trinajstić information content (AvgIpc) is 2.51. The molecule has 1 rings (SSSR count). The predicted molar refractivity (Wildman–Crippen MR) is 86.9 cm³/mol. The second-order valence-electron chi connectivity index (χ2n) is 5.08. The maximum absolute atomic E-state index is 11.9. The fourth-order valence-electron chi connectivity index (χ4n) is 1.79. The highest BCUT2D eigenvalue weighted by molar-refractivity contribution is 7.89. The summed E-state index contributed by atoms with van der Waals surface area (Å²) in [6.07, 6.45) is 0.719. The molecule has 0 saturated heterocycles. The minimum Gasteiger partial charge on any atom is -0.484 e. The van der Waals surface area contributed by atoms with Gasteiger partial charge in [0.25, 0.3) is 5.91 Å². The summed E-state index contributed by atoms with van der Waals surface area (Å²) in [6, 6.07) is 5.82. The first-order chi connectivity index (χ1) is 10.9. The van der Waals surface area contributed by atoms with E-state index < -0.39 is 10.0 Å². The smallest absolute Gasteiger partial charge is 0.258 e. The Morgan fingerprint density at radius 2 is 1.91 bits per heavy atom. The van der Waals surface area contributed by atoms with Gasteiger partial charge in [-0.05, 0) is 37.6 Å². The zero-order valence-corrected chi connectivity index (χ0v) is 14.5. The summed E-state index contributed by atoms with van der Waals surface area (Å²) in [5.74, 6) is 0.157. The van der Waals surface area contributed by atoms with Crippen LogP contribution in [-0.2, 0) is 19.6 Å². The molecule has 1 aromatic carbocycles. The van der Waals surface area contributed by atoms with Crippen LogP contribution in [0.4, 0.5) is 0 Å². The molecule has 0 aliphatic heterocycles. The molecule has 0 spiro atoms. The third kappa shape index (κ3) is 6.98. The Balaban J connectivity index is 2.53. The number of amides is 1. The fraction of sp³-hybridized carbons (Fsp3) is 0.533. The first kappa shape index (κ1) is 19.4. The van der Waals surface area contributed by atoms with E-state index in [1.165, 1.54) is 24.3 Å². The molecule has 1 atom stereocenters. The van der Waals surface area contributed by atoms with E-state index in [9.17, 15) is 13.2 Å². The Morgan fingerprint density at radius 3 is 2.48 bits per heavy atom. The highest BCUT2D eigenvalue weighted by atomic mass is 32.2. The molecule has 1 aromatic rings. The van der Waals surface area contributed by atoms with Crippen LogP contribution in [-0.4, -0.2) is 47.2 Å². The second-order valence-corrected chi connectivity index (χ2v) is 6.85. The average molecular weight is 344 g/mol. The van der Waals surface area contributed by atoms with Gasteiger partial charge in [0.05, 0.1) is 11.5 Å². The molecule has 0 heterocycles. The molecule has 0 radical (unpaired) electrons. The van der Waals surface area contributed by atoms with Gasteiger partial charge >= 0.3 is 0 Å². The molecule has 0 saturated carbocycles. The Labute approximate surface area is 137 Å². The number of methoxy groups -OCH3 is 1. The lowest BCUT2D eigenvalue weighted by Crippen LogP contribution is -2.38. The van der Waals surface area contributed by atoms with Crippen LogP contribution in [0.15, 0.2) is 29.2 Å². The minimum atomic E-state index is -3.49. The number of nitrogens with one attached hydrogen (secondary N) is 2. The summed E-state index contributed by atoms with van der Waals surface area (Å²) < 4.78 is 36.6. The van der Waals surface area contributed by atoms with Crippen LogP contribution in [0.2, 0.25) is 0 Å². The van der Waals surface area contributed by atoms with Crippen molar-refractivity contribution in [2.45, 2.75) is 31.2 Å². The normalized spacial score (nSPS) is 12.7. The van der Waals surface area contributed by atoms with Gasteiger partial charge in [-0.2, -0.15) is 0 Å². The molecular weight excluding hydrogens is 320 g/mol. The van der Waals surface area contributed by atoms with Crippen LogP contribution in [0.3, 0.4) is 0 Å². The van der Waals surface area contributed by atoms with Gasteiger partial charge in [0.1, 0.15) is 5.75 Å². The summed E-state index contributed by atoms with van der Waals surface area (Å²) in [5, 5.41) is 2.72. The van der Waals surface area contributed by atoms with E-state index in [0.29, 0.717) is 18.9 Å². The summed E-state index contributed by atoms with van der Waals surface area (Å²) in [7, 11) is -1.93. The minimum absolute atomic E-state index is 0.103. The van der Waals surface area contributed by atoms with E-state index in [4.69, 9.17) is 9.47 Å². The molecule has 0 aromatic heterocycles. The van der Waals surface area contributed by atoms with Gasteiger partial charge < -0.3 is 14.8 Å². The molecule has 7 nitrogen and oxygen atoms in total. The Bertz CT molecular complexity index is 586. The second kappa shape index (κ2) is 9.49. The number of rotatable bonds is 10. The van der Waals surface area contributed by atoms with Gasteiger partial charge in [-0.15, -0.1) is 0 Å². The van der Waals surface area contributed by atoms with Crippen LogP contribution in [0, 0.1) is 0 Å². The third-order valence-corrected chi connectivity index (χ3v) is 4.35. The van der Waals surface area contributed by atoms with Crippen molar-refractivity contribution < 1.29 is 22.7 Å². The number of ether oxygens (including phenoxy) is 2. The lowest BCUT2D eigenvalue weighted by atomic mass is 10.3. The summed E-state index contributed by atoms with van der Waals surface area (Å²) in [5.41, 5.74) is 0. The van der Waals surface area contributed by atoms with Crippen molar-refractivity contribution in [1.82, 2.24) is 10.0 Å². The van der Waals surface area contributed by atoms with Gasteiger partial charge in [-0.1, -0.05) is 6.92 Å². The van der Waals surface area contributed by atoms with Gasteiger partial charge in [0, 0.05) is 19.7 Å². The lowest BCUT2D eigenvalue weighted by Gasteiger charge is -2.13. The summed E-state index contributed by atoms with van der Waals surface area (Å²) >= 11 is 0. The van der Waals surface area contributed by atoms with E-state index in [1.807, 2.05) is 13.8 Å². The highest BCUT2D eigenvalue weighted by Crippen LogP contribution is 2.15. The first-order valence-electron chi connectivity index (χ1n) is 7.40. The quantitative estimate of drug-likeness (QED) is 0.658. The van der Waals surface area contributed by atoms with Crippen LogP contribution in [0.5, 0.6) is 5.75 Å². The van der Waals surface area contributed by atoms with Crippen molar-refractivity contribution in [1.29, 1.82) is 0 Å². The van der Waals surface area contributed by atoms with E-state index in [1.54, 1.807) is 7.11 Å². The molecule has 8 heteroatoms. The molecule has 1 amide bonds. The fourth-order valence-corrected chi connectivity index (χ4v) is 2.93. The van der Waals surface area contributed by atoms with Gasteiger partial charge in [0.2, 0.25) is 10.0 Å². The van der Waals surface area contributed by atoms with Crippen molar-refractivity contribution in [2.24, 2.45) is 0 Å². The topological polar surface area (TPSA) is 93.7 Å². The standard InChI is InChI=1S/C15H24N2O5S/c1-4-9-16-23(19,20)14-7-5-13(6-8-14)22-11-15(18)17-12(2)10-21-3/h5-8,12,16H,4,9-11H2,1-3H3,(H,17,18). The molecule has 0 fully saturated rings. The number of carbonyl (C=O) groups excluding carboxylic acids is 1. The van der Waals surface area contributed by atoms with Crippen molar-refractivity contribution >= 4 is 15.9 Å². The van der Waals surface area contributed by atoms with Crippen molar-refractivity contribution in [3.8, 4) is 5.75 Å². The van der Waals surface area contributed by atoms with Gasteiger partial charge in [-0.3, -0.25) is 4.79 Å². The molecule has 130 valence electrons.